The maximum atomic E-state index is 9.26. The molecule has 0 bridgehead atoms. The van der Waals surface area contributed by atoms with E-state index in [1.54, 1.807) is 12.1 Å². The maximum absolute atomic E-state index is 9.26. The van der Waals surface area contributed by atoms with Crippen LogP contribution < -0.4 is 5.32 Å². The van der Waals surface area contributed by atoms with Gasteiger partial charge < -0.3 is 10.4 Å². The summed E-state index contributed by atoms with van der Waals surface area (Å²) in [6, 6.07) is 7.60. The van der Waals surface area contributed by atoms with Crippen molar-refractivity contribution in [3.63, 3.8) is 0 Å². The summed E-state index contributed by atoms with van der Waals surface area (Å²) in [4.78, 5) is 0. The van der Waals surface area contributed by atoms with E-state index in [1.165, 1.54) is 18.4 Å². The molecule has 2 heteroatoms. The SMILES string of the molecule is CC(C)CC1(Cc2ccc(O)cc2)CCN1. The van der Waals surface area contributed by atoms with Crippen LogP contribution in [0, 0.1) is 5.92 Å². The smallest absolute Gasteiger partial charge is 0.115 e. The molecule has 1 aliphatic heterocycles. The molecular formula is C14H21NO. The molecule has 1 saturated heterocycles. The van der Waals surface area contributed by atoms with Gasteiger partial charge in [-0.05, 0) is 49.4 Å². The minimum absolute atomic E-state index is 0.311. The lowest BCUT2D eigenvalue weighted by molar-refractivity contribution is 0.168. The van der Waals surface area contributed by atoms with E-state index in [4.69, 9.17) is 0 Å². The Hall–Kier alpha value is -1.02. The van der Waals surface area contributed by atoms with Gasteiger partial charge in [0.15, 0.2) is 0 Å². The number of phenols is 1. The molecule has 1 aliphatic rings. The van der Waals surface area contributed by atoms with E-state index in [9.17, 15) is 5.11 Å². The van der Waals surface area contributed by atoms with Gasteiger partial charge in [-0.15, -0.1) is 0 Å². The molecule has 1 fully saturated rings. The van der Waals surface area contributed by atoms with Crippen molar-refractivity contribution in [1.29, 1.82) is 0 Å². The summed E-state index contributed by atoms with van der Waals surface area (Å²) in [5, 5.41) is 12.8. The van der Waals surface area contributed by atoms with Crippen molar-refractivity contribution < 1.29 is 5.11 Å². The summed E-state index contributed by atoms with van der Waals surface area (Å²) in [7, 11) is 0. The van der Waals surface area contributed by atoms with Crippen molar-refractivity contribution in [2.75, 3.05) is 6.54 Å². The second-order valence-electron chi connectivity index (χ2n) is 5.40. The van der Waals surface area contributed by atoms with Gasteiger partial charge in [0.25, 0.3) is 0 Å². The number of nitrogens with one attached hydrogen (secondary N) is 1. The van der Waals surface area contributed by atoms with Gasteiger partial charge in [0.1, 0.15) is 5.75 Å². The fourth-order valence-corrected chi connectivity index (χ4v) is 2.66. The zero-order valence-electron chi connectivity index (χ0n) is 10.2. The normalized spacial score (nSPS) is 24.4. The van der Waals surface area contributed by atoms with Gasteiger partial charge in [-0.2, -0.15) is 0 Å². The molecular weight excluding hydrogens is 198 g/mol. The van der Waals surface area contributed by atoms with E-state index in [-0.39, 0.29) is 0 Å². The Morgan fingerprint density at radius 1 is 1.31 bits per heavy atom. The minimum Gasteiger partial charge on any atom is -0.508 e. The highest BCUT2D eigenvalue weighted by molar-refractivity contribution is 5.27. The third-order valence-electron chi connectivity index (χ3n) is 3.38. The fraction of sp³-hybridized carbons (Fsp3) is 0.571. The van der Waals surface area contributed by atoms with Gasteiger partial charge in [-0.3, -0.25) is 0 Å². The molecule has 1 heterocycles. The van der Waals surface area contributed by atoms with Crippen molar-refractivity contribution in [3.05, 3.63) is 29.8 Å². The van der Waals surface area contributed by atoms with E-state index in [0.717, 1.165) is 18.9 Å². The van der Waals surface area contributed by atoms with Crippen LogP contribution in [0.2, 0.25) is 0 Å². The molecule has 1 aromatic carbocycles. The van der Waals surface area contributed by atoms with Crippen molar-refractivity contribution in [1.82, 2.24) is 5.32 Å². The first-order chi connectivity index (χ1) is 7.60. The van der Waals surface area contributed by atoms with Crippen LogP contribution in [0.3, 0.4) is 0 Å². The number of rotatable bonds is 4. The van der Waals surface area contributed by atoms with Crippen LogP contribution in [-0.2, 0) is 6.42 Å². The van der Waals surface area contributed by atoms with Crippen LogP contribution in [0.1, 0.15) is 32.3 Å². The van der Waals surface area contributed by atoms with E-state index in [2.05, 4.69) is 19.2 Å². The van der Waals surface area contributed by atoms with E-state index in [0.29, 0.717) is 11.3 Å². The highest BCUT2D eigenvalue weighted by atomic mass is 16.3. The van der Waals surface area contributed by atoms with Crippen LogP contribution in [0.25, 0.3) is 0 Å². The second kappa shape index (κ2) is 4.46. The Bertz CT molecular complexity index is 338. The summed E-state index contributed by atoms with van der Waals surface area (Å²) in [5.41, 5.74) is 1.62. The first-order valence-electron chi connectivity index (χ1n) is 6.13. The Morgan fingerprint density at radius 3 is 2.38 bits per heavy atom. The summed E-state index contributed by atoms with van der Waals surface area (Å²) in [6.07, 6.45) is 3.57. The van der Waals surface area contributed by atoms with Gasteiger partial charge in [0.2, 0.25) is 0 Å². The van der Waals surface area contributed by atoms with Crippen LogP contribution >= 0.6 is 0 Å². The summed E-state index contributed by atoms with van der Waals surface area (Å²) in [6.45, 7) is 5.70. The van der Waals surface area contributed by atoms with Gasteiger partial charge in [0.05, 0.1) is 0 Å². The number of hydrogen-bond donors (Lipinski definition) is 2. The molecule has 0 aliphatic carbocycles. The van der Waals surface area contributed by atoms with Crippen molar-refractivity contribution in [2.24, 2.45) is 5.92 Å². The second-order valence-corrected chi connectivity index (χ2v) is 5.40. The molecule has 0 amide bonds. The molecule has 16 heavy (non-hydrogen) atoms. The molecule has 1 unspecified atom stereocenters. The van der Waals surface area contributed by atoms with Crippen molar-refractivity contribution in [2.45, 2.75) is 38.6 Å². The standard InChI is InChI=1S/C14H21NO/c1-11(2)9-14(7-8-15-14)10-12-3-5-13(16)6-4-12/h3-6,11,15-16H,7-10H2,1-2H3. The Morgan fingerprint density at radius 2 is 1.94 bits per heavy atom. The number of hydrogen-bond acceptors (Lipinski definition) is 2. The third kappa shape index (κ3) is 2.56. The van der Waals surface area contributed by atoms with Crippen molar-refractivity contribution in [3.8, 4) is 5.75 Å². The third-order valence-corrected chi connectivity index (χ3v) is 3.38. The van der Waals surface area contributed by atoms with Crippen LogP contribution in [0.4, 0.5) is 0 Å². The summed E-state index contributed by atoms with van der Waals surface area (Å²) < 4.78 is 0. The van der Waals surface area contributed by atoms with E-state index in [1.807, 2.05) is 12.1 Å². The molecule has 0 spiro atoms. The lowest BCUT2D eigenvalue weighted by Crippen LogP contribution is -2.59. The number of benzene rings is 1. The first-order valence-corrected chi connectivity index (χ1v) is 6.13. The molecule has 2 rings (SSSR count). The van der Waals surface area contributed by atoms with Gasteiger partial charge in [-0.1, -0.05) is 26.0 Å². The number of aromatic hydroxyl groups is 1. The van der Waals surface area contributed by atoms with E-state index >= 15 is 0 Å². The average molecular weight is 219 g/mol. The van der Waals surface area contributed by atoms with Gasteiger partial charge >= 0.3 is 0 Å². The molecule has 1 aromatic rings. The molecule has 2 N–H and O–H groups in total. The topological polar surface area (TPSA) is 32.3 Å². The molecule has 0 aromatic heterocycles. The predicted molar refractivity (Wildman–Crippen MR) is 66.6 cm³/mol. The minimum atomic E-state index is 0.311. The lowest BCUT2D eigenvalue weighted by Gasteiger charge is -2.45. The maximum Gasteiger partial charge on any atom is 0.115 e. The zero-order valence-corrected chi connectivity index (χ0v) is 10.2. The summed E-state index contributed by atoms with van der Waals surface area (Å²) in [5.74, 6) is 1.08. The van der Waals surface area contributed by atoms with Gasteiger partial charge in [-0.25, -0.2) is 0 Å². The first kappa shape index (κ1) is 11.5. The molecule has 0 saturated carbocycles. The molecule has 1 atom stereocenters. The highest BCUT2D eigenvalue weighted by Crippen LogP contribution is 2.31. The Kier molecular flexibility index (Phi) is 3.20. The van der Waals surface area contributed by atoms with Crippen LogP contribution in [0.15, 0.2) is 24.3 Å². The average Bonchev–Trinajstić information content (AvgIpc) is 2.17. The van der Waals surface area contributed by atoms with Gasteiger partial charge in [0, 0.05) is 5.54 Å². The van der Waals surface area contributed by atoms with Crippen LogP contribution in [-0.4, -0.2) is 17.2 Å². The Balaban J connectivity index is 2.04. The predicted octanol–water partition coefficient (Wildman–Crippen LogP) is 2.71. The quantitative estimate of drug-likeness (QED) is 0.816. The monoisotopic (exact) mass is 219 g/mol. The molecule has 0 radical (unpaired) electrons. The van der Waals surface area contributed by atoms with Crippen LogP contribution in [0.5, 0.6) is 5.75 Å². The largest absolute Gasteiger partial charge is 0.508 e. The van der Waals surface area contributed by atoms with Crippen molar-refractivity contribution >= 4 is 0 Å². The summed E-state index contributed by atoms with van der Waals surface area (Å²) >= 11 is 0. The number of phenolic OH excluding ortho intramolecular Hbond substituents is 1. The van der Waals surface area contributed by atoms with E-state index < -0.39 is 0 Å². The lowest BCUT2D eigenvalue weighted by atomic mass is 9.76. The molecule has 88 valence electrons. The zero-order chi connectivity index (χ0) is 11.6. The molecule has 2 nitrogen and oxygen atoms in total. The Labute approximate surface area is 97.7 Å². The fourth-order valence-electron chi connectivity index (χ4n) is 2.66. The highest BCUT2D eigenvalue weighted by Gasteiger charge is 2.36.